The fraction of sp³-hybridized carbons (Fsp3) is 0.474. The summed E-state index contributed by atoms with van der Waals surface area (Å²) in [5.74, 6) is 2.37. The van der Waals surface area contributed by atoms with Crippen molar-refractivity contribution in [1.82, 2.24) is 14.5 Å². The predicted molar refractivity (Wildman–Crippen MR) is 96.6 cm³/mol. The predicted octanol–water partition coefficient (Wildman–Crippen LogP) is 4.85. The minimum atomic E-state index is 0.104. The highest BCUT2D eigenvalue weighted by atomic mass is 32.1. The first-order valence-corrected chi connectivity index (χ1v) is 9.81. The second kappa shape index (κ2) is 5.81. The average Bonchev–Trinajstić information content (AvgIpc) is 3.41. The van der Waals surface area contributed by atoms with Crippen molar-refractivity contribution < 1.29 is 9.15 Å². The zero-order chi connectivity index (χ0) is 16.9. The molecule has 0 unspecified atom stereocenters. The molecule has 0 amide bonds. The molecule has 2 aliphatic rings. The standard InChI is InChI=1S/C19H21N3O2S/c1-13-16(21-18(24-13)15-5-4-10-25-15)17-20-8-9-22(17)14-11-19(23-12-14)6-2-3-7-19/h4-5,8-10,14H,2-3,6-7,11-12H2,1H3/t14-/m1/s1. The molecular formula is C19H21N3O2S. The third-order valence-corrected chi connectivity index (χ3v) is 6.36. The number of aromatic nitrogens is 3. The van der Waals surface area contributed by atoms with Gasteiger partial charge in [-0.3, -0.25) is 0 Å². The van der Waals surface area contributed by atoms with Crippen molar-refractivity contribution in [1.29, 1.82) is 0 Å². The molecule has 1 atom stereocenters. The van der Waals surface area contributed by atoms with Crippen LogP contribution in [-0.4, -0.2) is 26.7 Å². The lowest BCUT2D eigenvalue weighted by atomic mass is 9.96. The smallest absolute Gasteiger partial charge is 0.237 e. The van der Waals surface area contributed by atoms with Crippen molar-refractivity contribution in [2.24, 2.45) is 0 Å². The third-order valence-electron chi connectivity index (χ3n) is 5.51. The van der Waals surface area contributed by atoms with E-state index in [9.17, 15) is 0 Å². The second-order valence-electron chi connectivity index (χ2n) is 7.12. The summed E-state index contributed by atoms with van der Waals surface area (Å²) in [6.07, 6.45) is 9.94. The number of ether oxygens (including phenoxy) is 1. The number of oxazole rings is 1. The molecule has 0 radical (unpaired) electrons. The normalized spacial score (nSPS) is 22.2. The zero-order valence-corrected chi connectivity index (χ0v) is 15.1. The van der Waals surface area contributed by atoms with Gasteiger partial charge >= 0.3 is 0 Å². The van der Waals surface area contributed by atoms with Crippen LogP contribution in [0.1, 0.15) is 43.9 Å². The molecule has 0 bridgehead atoms. The number of hydrogen-bond acceptors (Lipinski definition) is 5. The van der Waals surface area contributed by atoms with E-state index in [0.29, 0.717) is 11.9 Å². The van der Waals surface area contributed by atoms with Gasteiger partial charge in [-0.1, -0.05) is 18.9 Å². The maximum atomic E-state index is 6.23. The Balaban J connectivity index is 1.48. The van der Waals surface area contributed by atoms with Gasteiger partial charge in [-0.25, -0.2) is 9.97 Å². The summed E-state index contributed by atoms with van der Waals surface area (Å²) in [7, 11) is 0. The van der Waals surface area contributed by atoms with Gasteiger partial charge in [-0.2, -0.15) is 0 Å². The van der Waals surface area contributed by atoms with Crippen molar-refractivity contribution in [3.63, 3.8) is 0 Å². The Hall–Kier alpha value is -1.92. The van der Waals surface area contributed by atoms with Crippen LogP contribution >= 0.6 is 11.3 Å². The van der Waals surface area contributed by atoms with Gasteiger partial charge < -0.3 is 13.7 Å². The molecule has 6 heteroatoms. The molecule has 130 valence electrons. The molecular weight excluding hydrogens is 334 g/mol. The molecule has 5 rings (SSSR count). The number of aryl methyl sites for hydroxylation is 1. The third kappa shape index (κ3) is 2.55. The first-order chi connectivity index (χ1) is 12.2. The minimum Gasteiger partial charge on any atom is -0.440 e. The van der Waals surface area contributed by atoms with E-state index in [4.69, 9.17) is 14.1 Å². The summed E-state index contributed by atoms with van der Waals surface area (Å²) in [6, 6.07) is 4.37. The molecule has 25 heavy (non-hydrogen) atoms. The van der Waals surface area contributed by atoms with Crippen molar-refractivity contribution in [2.45, 2.75) is 50.7 Å². The number of nitrogens with zero attached hydrogens (tertiary/aromatic N) is 3. The van der Waals surface area contributed by atoms with Crippen LogP contribution in [0.25, 0.3) is 22.3 Å². The van der Waals surface area contributed by atoms with Crippen LogP contribution in [0.15, 0.2) is 34.3 Å². The highest BCUT2D eigenvalue weighted by molar-refractivity contribution is 7.13. The van der Waals surface area contributed by atoms with E-state index in [2.05, 4.69) is 15.7 Å². The monoisotopic (exact) mass is 355 g/mol. The molecule has 3 aromatic heterocycles. The molecule has 1 aliphatic carbocycles. The minimum absolute atomic E-state index is 0.104. The summed E-state index contributed by atoms with van der Waals surface area (Å²) < 4.78 is 14.4. The average molecular weight is 355 g/mol. The van der Waals surface area contributed by atoms with E-state index in [1.807, 2.05) is 30.6 Å². The van der Waals surface area contributed by atoms with Gasteiger partial charge in [-0.05, 0) is 37.6 Å². The largest absolute Gasteiger partial charge is 0.440 e. The number of imidazole rings is 1. The molecule has 1 aliphatic heterocycles. The van der Waals surface area contributed by atoms with Gasteiger partial charge in [0, 0.05) is 12.4 Å². The van der Waals surface area contributed by atoms with Gasteiger partial charge in [-0.15, -0.1) is 11.3 Å². The van der Waals surface area contributed by atoms with Crippen molar-refractivity contribution >= 4 is 11.3 Å². The van der Waals surface area contributed by atoms with E-state index >= 15 is 0 Å². The SMILES string of the molecule is Cc1oc(-c2cccs2)nc1-c1nccn1[C@H]1COC2(CCCC2)C1. The summed E-state index contributed by atoms with van der Waals surface area (Å²) in [4.78, 5) is 10.4. The zero-order valence-electron chi connectivity index (χ0n) is 14.3. The Kier molecular flexibility index (Phi) is 3.57. The van der Waals surface area contributed by atoms with Crippen molar-refractivity contribution in [2.75, 3.05) is 6.61 Å². The summed E-state index contributed by atoms with van der Waals surface area (Å²) in [6.45, 7) is 2.72. The molecule has 0 N–H and O–H groups in total. The van der Waals surface area contributed by atoms with Crippen LogP contribution in [0.2, 0.25) is 0 Å². The van der Waals surface area contributed by atoms with Gasteiger partial charge in [0.05, 0.1) is 23.1 Å². The first kappa shape index (κ1) is 15.3. The lowest BCUT2D eigenvalue weighted by Crippen LogP contribution is -2.23. The van der Waals surface area contributed by atoms with E-state index in [1.165, 1.54) is 25.7 Å². The molecule has 1 spiro atoms. The van der Waals surface area contributed by atoms with Gasteiger partial charge in [0.15, 0.2) is 5.82 Å². The quantitative estimate of drug-likeness (QED) is 0.674. The van der Waals surface area contributed by atoms with Gasteiger partial charge in [0.25, 0.3) is 0 Å². The van der Waals surface area contributed by atoms with Crippen LogP contribution in [-0.2, 0) is 4.74 Å². The fourth-order valence-electron chi connectivity index (χ4n) is 4.27. The first-order valence-electron chi connectivity index (χ1n) is 8.93. The van der Waals surface area contributed by atoms with E-state index < -0.39 is 0 Å². The van der Waals surface area contributed by atoms with Crippen molar-refractivity contribution in [3.8, 4) is 22.3 Å². The molecule has 0 aromatic carbocycles. The van der Waals surface area contributed by atoms with E-state index in [1.54, 1.807) is 11.3 Å². The van der Waals surface area contributed by atoms with E-state index in [-0.39, 0.29) is 5.60 Å². The Bertz CT molecular complexity index is 875. The Morgan fingerprint density at radius 1 is 1.32 bits per heavy atom. The highest BCUT2D eigenvalue weighted by Gasteiger charge is 2.43. The highest BCUT2D eigenvalue weighted by Crippen LogP contribution is 2.45. The van der Waals surface area contributed by atoms with Crippen molar-refractivity contribution in [3.05, 3.63) is 35.7 Å². The molecule has 3 aromatic rings. The number of thiophene rings is 1. The van der Waals surface area contributed by atoms with Gasteiger partial charge in [0.1, 0.15) is 11.5 Å². The Morgan fingerprint density at radius 3 is 3.00 bits per heavy atom. The Morgan fingerprint density at radius 2 is 2.20 bits per heavy atom. The topological polar surface area (TPSA) is 53.1 Å². The Labute approximate surface area is 150 Å². The van der Waals surface area contributed by atoms with Crippen LogP contribution in [0.4, 0.5) is 0 Å². The van der Waals surface area contributed by atoms with Crippen LogP contribution in [0.5, 0.6) is 0 Å². The van der Waals surface area contributed by atoms with Gasteiger partial charge in [0.2, 0.25) is 5.89 Å². The number of rotatable bonds is 3. The summed E-state index contributed by atoms with van der Waals surface area (Å²) >= 11 is 1.63. The summed E-state index contributed by atoms with van der Waals surface area (Å²) in [5, 5.41) is 2.03. The van der Waals surface area contributed by atoms with Crippen LogP contribution < -0.4 is 0 Å². The fourth-order valence-corrected chi connectivity index (χ4v) is 4.92. The molecule has 5 nitrogen and oxygen atoms in total. The maximum absolute atomic E-state index is 6.23. The summed E-state index contributed by atoms with van der Waals surface area (Å²) in [5.41, 5.74) is 0.938. The second-order valence-corrected chi connectivity index (χ2v) is 8.07. The molecule has 1 saturated carbocycles. The van der Waals surface area contributed by atoms with Crippen LogP contribution in [0.3, 0.4) is 0 Å². The lowest BCUT2D eigenvalue weighted by molar-refractivity contribution is 0.00959. The number of hydrogen-bond donors (Lipinski definition) is 0. The molecule has 4 heterocycles. The maximum Gasteiger partial charge on any atom is 0.237 e. The molecule has 1 saturated heterocycles. The van der Waals surface area contributed by atoms with E-state index in [0.717, 1.165) is 35.2 Å². The molecule has 2 fully saturated rings. The van der Waals surface area contributed by atoms with Crippen LogP contribution in [0, 0.1) is 6.92 Å². The lowest BCUT2D eigenvalue weighted by Gasteiger charge is -2.21.